The standard InChI is InChI=1S/C13H15NO2/c1-3-13(16)14-12-8-10(2)7-11(9-12)5-4-6-15/h7-9,15H,3,6H2,1-2H3,(H,14,16). The number of hydrogen-bond donors (Lipinski definition) is 2. The molecule has 0 radical (unpaired) electrons. The molecule has 3 nitrogen and oxygen atoms in total. The molecule has 84 valence electrons. The Kier molecular flexibility index (Phi) is 4.56. The molecule has 1 rings (SSSR count). The highest BCUT2D eigenvalue weighted by atomic mass is 16.2. The molecule has 0 atom stereocenters. The third-order valence-corrected chi connectivity index (χ3v) is 1.99. The molecule has 3 heteroatoms. The molecular formula is C13H15NO2. The van der Waals surface area contributed by atoms with Gasteiger partial charge in [-0.1, -0.05) is 18.8 Å². The van der Waals surface area contributed by atoms with E-state index in [9.17, 15) is 4.79 Å². The summed E-state index contributed by atoms with van der Waals surface area (Å²) >= 11 is 0. The zero-order valence-electron chi connectivity index (χ0n) is 9.50. The number of aryl methyl sites for hydroxylation is 1. The molecule has 1 amide bonds. The minimum atomic E-state index is -0.162. The number of rotatable bonds is 2. The van der Waals surface area contributed by atoms with Crippen molar-refractivity contribution in [1.29, 1.82) is 0 Å². The van der Waals surface area contributed by atoms with Gasteiger partial charge in [0.15, 0.2) is 0 Å². The zero-order chi connectivity index (χ0) is 12.0. The van der Waals surface area contributed by atoms with E-state index < -0.39 is 0 Å². The molecule has 0 bridgehead atoms. The second kappa shape index (κ2) is 5.94. The lowest BCUT2D eigenvalue weighted by Crippen LogP contribution is -2.09. The van der Waals surface area contributed by atoms with Crippen LogP contribution in [0.2, 0.25) is 0 Å². The van der Waals surface area contributed by atoms with Crippen LogP contribution in [0, 0.1) is 18.8 Å². The highest BCUT2D eigenvalue weighted by molar-refractivity contribution is 5.90. The highest BCUT2D eigenvalue weighted by Crippen LogP contribution is 2.14. The monoisotopic (exact) mass is 217 g/mol. The largest absolute Gasteiger partial charge is 0.384 e. The molecule has 0 aliphatic carbocycles. The minimum absolute atomic E-state index is 0.0216. The van der Waals surface area contributed by atoms with Crippen molar-refractivity contribution in [2.24, 2.45) is 0 Å². The number of hydrogen-bond acceptors (Lipinski definition) is 2. The lowest BCUT2D eigenvalue weighted by Gasteiger charge is -2.05. The summed E-state index contributed by atoms with van der Waals surface area (Å²) in [5, 5.41) is 11.4. The SMILES string of the molecule is CCC(=O)Nc1cc(C)cc(C#CCO)c1. The maximum Gasteiger partial charge on any atom is 0.224 e. The Morgan fingerprint density at radius 2 is 2.19 bits per heavy atom. The summed E-state index contributed by atoms with van der Waals surface area (Å²) in [5.74, 6) is 5.37. The summed E-state index contributed by atoms with van der Waals surface area (Å²) in [4.78, 5) is 11.2. The fourth-order valence-corrected chi connectivity index (χ4v) is 1.32. The first kappa shape index (κ1) is 12.3. The van der Waals surface area contributed by atoms with E-state index in [-0.39, 0.29) is 12.5 Å². The third kappa shape index (κ3) is 3.76. The van der Waals surface area contributed by atoms with Crippen LogP contribution in [-0.4, -0.2) is 17.6 Å². The van der Waals surface area contributed by atoms with E-state index in [0.29, 0.717) is 6.42 Å². The van der Waals surface area contributed by atoms with E-state index in [0.717, 1.165) is 16.8 Å². The molecule has 0 aromatic heterocycles. The lowest BCUT2D eigenvalue weighted by molar-refractivity contribution is -0.115. The van der Waals surface area contributed by atoms with Gasteiger partial charge in [-0.2, -0.15) is 0 Å². The van der Waals surface area contributed by atoms with Crippen molar-refractivity contribution in [2.75, 3.05) is 11.9 Å². The van der Waals surface area contributed by atoms with Crippen LogP contribution in [0.4, 0.5) is 5.69 Å². The van der Waals surface area contributed by atoms with Crippen LogP contribution in [0.3, 0.4) is 0 Å². The molecule has 16 heavy (non-hydrogen) atoms. The number of aliphatic hydroxyl groups excluding tert-OH is 1. The Balaban J connectivity index is 2.94. The van der Waals surface area contributed by atoms with Crippen molar-refractivity contribution in [2.45, 2.75) is 20.3 Å². The number of nitrogens with one attached hydrogen (secondary N) is 1. The first-order valence-electron chi connectivity index (χ1n) is 5.17. The number of benzene rings is 1. The number of carbonyl (C=O) groups is 1. The maximum absolute atomic E-state index is 11.2. The van der Waals surface area contributed by atoms with E-state index in [2.05, 4.69) is 17.2 Å². The van der Waals surface area contributed by atoms with Crippen LogP contribution >= 0.6 is 0 Å². The third-order valence-electron chi connectivity index (χ3n) is 1.99. The fourth-order valence-electron chi connectivity index (χ4n) is 1.32. The molecule has 0 aliphatic rings. The summed E-state index contributed by atoms with van der Waals surface area (Å²) in [7, 11) is 0. The van der Waals surface area contributed by atoms with E-state index >= 15 is 0 Å². The second-order valence-corrected chi connectivity index (χ2v) is 3.45. The highest BCUT2D eigenvalue weighted by Gasteiger charge is 2.00. The first-order chi connectivity index (χ1) is 7.65. The van der Waals surface area contributed by atoms with E-state index in [4.69, 9.17) is 5.11 Å². The van der Waals surface area contributed by atoms with Crippen molar-refractivity contribution in [3.8, 4) is 11.8 Å². The van der Waals surface area contributed by atoms with Crippen LogP contribution in [-0.2, 0) is 4.79 Å². The predicted molar refractivity (Wildman–Crippen MR) is 64.1 cm³/mol. The molecule has 0 aliphatic heterocycles. The lowest BCUT2D eigenvalue weighted by atomic mass is 10.1. The summed E-state index contributed by atoms with van der Waals surface area (Å²) in [6, 6.07) is 5.59. The topological polar surface area (TPSA) is 49.3 Å². The smallest absolute Gasteiger partial charge is 0.224 e. The molecule has 2 N–H and O–H groups in total. The van der Waals surface area contributed by atoms with E-state index in [1.807, 2.05) is 19.1 Å². The van der Waals surface area contributed by atoms with Gasteiger partial charge in [-0.3, -0.25) is 4.79 Å². The molecule has 0 spiro atoms. The summed E-state index contributed by atoms with van der Waals surface area (Å²) < 4.78 is 0. The summed E-state index contributed by atoms with van der Waals surface area (Å²) in [6.07, 6.45) is 0.450. The van der Waals surface area contributed by atoms with Crippen LogP contribution in [0.15, 0.2) is 18.2 Å². The summed E-state index contributed by atoms with van der Waals surface area (Å²) in [5.41, 5.74) is 2.56. The molecule has 1 aromatic carbocycles. The van der Waals surface area contributed by atoms with Crippen LogP contribution in [0.5, 0.6) is 0 Å². The Morgan fingerprint density at radius 1 is 1.44 bits per heavy atom. The zero-order valence-corrected chi connectivity index (χ0v) is 9.50. The average Bonchev–Trinajstić information content (AvgIpc) is 2.25. The van der Waals surface area contributed by atoms with Gasteiger partial charge < -0.3 is 10.4 Å². The average molecular weight is 217 g/mol. The van der Waals surface area contributed by atoms with Gasteiger partial charge in [-0.25, -0.2) is 0 Å². The van der Waals surface area contributed by atoms with Crippen molar-refractivity contribution in [3.05, 3.63) is 29.3 Å². The molecule has 1 aromatic rings. The van der Waals surface area contributed by atoms with Gasteiger partial charge in [0.2, 0.25) is 5.91 Å². The molecule has 0 heterocycles. The Bertz CT molecular complexity index is 441. The first-order valence-corrected chi connectivity index (χ1v) is 5.17. The minimum Gasteiger partial charge on any atom is -0.384 e. The fraction of sp³-hybridized carbons (Fsp3) is 0.308. The van der Waals surface area contributed by atoms with Gasteiger partial charge in [0.1, 0.15) is 6.61 Å². The van der Waals surface area contributed by atoms with Crippen molar-refractivity contribution < 1.29 is 9.90 Å². The van der Waals surface area contributed by atoms with Gasteiger partial charge in [0.05, 0.1) is 0 Å². The van der Waals surface area contributed by atoms with Crippen molar-refractivity contribution in [1.82, 2.24) is 0 Å². The quantitative estimate of drug-likeness (QED) is 0.740. The molecule has 0 fully saturated rings. The van der Waals surface area contributed by atoms with Crippen molar-refractivity contribution in [3.63, 3.8) is 0 Å². The molecular weight excluding hydrogens is 202 g/mol. The molecule has 0 saturated heterocycles. The van der Waals surface area contributed by atoms with Crippen molar-refractivity contribution >= 4 is 11.6 Å². The van der Waals surface area contributed by atoms with Crippen LogP contribution in [0.1, 0.15) is 24.5 Å². The molecule has 0 unspecified atom stereocenters. The van der Waals surface area contributed by atoms with Gasteiger partial charge in [0, 0.05) is 17.7 Å². The maximum atomic E-state index is 11.2. The number of carbonyl (C=O) groups excluding carboxylic acids is 1. The predicted octanol–water partition coefficient (Wildman–Crippen LogP) is 1.69. The second-order valence-electron chi connectivity index (χ2n) is 3.45. The van der Waals surface area contributed by atoms with Crippen LogP contribution < -0.4 is 5.32 Å². The van der Waals surface area contributed by atoms with Gasteiger partial charge in [-0.15, -0.1) is 0 Å². The van der Waals surface area contributed by atoms with Gasteiger partial charge >= 0.3 is 0 Å². The number of aliphatic hydroxyl groups is 1. The number of amides is 1. The Hall–Kier alpha value is -1.79. The van der Waals surface area contributed by atoms with Crippen LogP contribution in [0.25, 0.3) is 0 Å². The number of anilines is 1. The Morgan fingerprint density at radius 3 is 2.81 bits per heavy atom. The normalized spacial score (nSPS) is 9.19. The van der Waals surface area contributed by atoms with Gasteiger partial charge in [0.25, 0.3) is 0 Å². The van der Waals surface area contributed by atoms with E-state index in [1.54, 1.807) is 13.0 Å². The van der Waals surface area contributed by atoms with E-state index in [1.165, 1.54) is 0 Å². The Labute approximate surface area is 95.5 Å². The van der Waals surface area contributed by atoms with Gasteiger partial charge in [-0.05, 0) is 30.7 Å². The summed E-state index contributed by atoms with van der Waals surface area (Å²) in [6.45, 7) is 3.58. The molecule has 0 saturated carbocycles.